The third kappa shape index (κ3) is 4.00. The van der Waals surface area contributed by atoms with E-state index < -0.39 is 5.91 Å². The van der Waals surface area contributed by atoms with Crippen molar-refractivity contribution < 1.29 is 4.79 Å². The summed E-state index contributed by atoms with van der Waals surface area (Å²) in [5.41, 5.74) is 3.10. The average Bonchev–Trinajstić information content (AvgIpc) is 2.77. The van der Waals surface area contributed by atoms with Gasteiger partial charge in [-0.05, 0) is 49.1 Å². The second kappa shape index (κ2) is 8.55. The van der Waals surface area contributed by atoms with E-state index in [-0.39, 0.29) is 11.1 Å². The van der Waals surface area contributed by atoms with Crippen molar-refractivity contribution >= 4 is 34.4 Å². The number of rotatable bonds is 5. The van der Waals surface area contributed by atoms with Crippen molar-refractivity contribution in [3.8, 4) is 0 Å². The van der Waals surface area contributed by atoms with Crippen LogP contribution in [-0.2, 0) is 6.54 Å². The van der Waals surface area contributed by atoms with Crippen LogP contribution in [0.5, 0.6) is 0 Å². The fourth-order valence-electron chi connectivity index (χ4n) is 3.33. The summed E-state index contributed by atoms with van der Waals surface area (Å²) in [4.78, 5) is 31.7. The SMILES string of the molecule is CSc1ccccc1NC(=O)c1cc2cccnc2n(Cc2ccc(C)cc2)c1=O. The van der Waals surface area contributed by atoms with Gasteiger partial charge in [-0.15, -0.1) is 11.8 Å². The van der Waals surface area contributed by atoms with Crippen LogP contribution < -0.4 is 10.9 Å². The Morgan fingerprint density at radius 1 is 1.07 bits per heavy atom. The number of thioether (sulfide) groups is 1. The summed E-state index contributed by atoms with van der Waals surface area (Å²) in [7, 11) is 0. The van der Waals surface area contributed by atoms with Crippen molar-refractivity contribution in [1.29, 1.82) is 0 Å². The fourth-order valence-corrected chi connectivity index (χ4v) is 3.88. The highest BCUT2D eigenvalue weighted by Crippen LogP contribution is 2.25. The summed E-state index contributed by atoms with van der Waals surface area (Å²) in [6, 6.07) is 20.8. The van der Waals surface area contributed by atoms with Gasteiger partial charge in [0.15, 0.2) is 0 Å². The highest BCUT2D eigenvalue weighted by Gasteiger charge is 2.17. The van der Waals surface area contributed by atoms with Crippen molar-refractivity contribution in [1.82, 2.24) is 9.55 Å². The van der Waals surface area contributed by atoms with Crippen molar-refractivity contribution in [3.05, 3.63) is 100.0 Å². The van der Waals surface area contributed by atoms with Crippen LogP contribution in [0.25, 0.3) is 11.0 Å². The largest absolute Gasteiger partial charge is 0.321 e. The number of amides is 1. The first-order chi connectivity index (χ1) is 14.6. The summed E-state index contributed by atoms with van der Waals surface area (Å²) in [5, 5.41) is 3.63. The van der Waals surface area contributed by atoms with E-state index in [9.17, 15) is 9.59 Å². The van der Waals surface area contributed by atoms with Gasteiger partial charge in [-0.1, -0.05) is 42.0 Å². The number of hydrogen-bond donors (Lipinski definition) is 1. The second-order valence-electron chi connectivity index (χ2n) is 7.01. The van der Waals surface area contributed by atoms with Crippen LogP contribution in [0.1, 0.15) is 21.5 Å². The predicted molar refractivity (Wildman–Crippen MR) is 122 cm³/mol. The van der Waals surface area contributed by atoms with Crippen molar-refractivity contribution in [3.63, 3.8) is 0 Å². The molecule has 30 heavy (non-hydrogen) atoms. The number of aryl methyl sites for hydroxylation is 1. The Hall–Kier alpha value is -3.38. The number of hydrogen-bond acceptors (Lipinski definition) is 4. The molecule has 4 rings (SSSR count). The van der Waals surface area contributed by atoms with Crippen molar-refractivity contribution in [2.75, 3.05) is 11.6 Å². The molecule has 0 aliphatic carbocycles. The van der Waals surface area contributed by atoms with Gasteiger partial charge >= 0.3 is 0 Å². The minimum atomic E-state index is -0.426. The topological polar surface area (TPSA) is 64.0 Å². The summed E-state index contributed by atoms with van der Waals surface area (Å²) in [6.45, 7) is 2.36. The van der Waals surface area contributed by atoms with E-state index in [1.807, 2.05) is 67.8 Å². The molecule has 2 heterocycles. The van der Waals surface area contributed by atoms with Gasteiger partial charge in [0.2, 0.25) is 0 Å². The zero-order chi connectivity index (χ0) is 21.1. The highest BCUT2D eigenvalue weighted by atomic mass is 32.2. The second-order valence-corrected chi connectivity index (χ2v) is 7.85. The predicted octanol–water partition coefficient (Wildman–Crippen LogP) is 4.73. The van der Waals surface area contributed by atoms with E-state index in [0.717, 1.165) is 21.4 Å². The summed E-state index contributed by atoms with van der Waals surface area (Å²) >= 11 is 1.54. The van der Waals surface area contributed by atoms with E-state index in [4.69, 9.17) is 0 Å². The maximum atomic E-state index is 13.3. The molecule has 1 amide bonds. The van der Waals surface area contributed by atoms with E-state index in [2.05, 4.69) is 10.3 Å². The molecule has 0 saturated carbocycles. The van der Waals surface area contributed by atoms with Gasteiger partial charge in [-0.3, -0.25) is 14.2 Å². The first-order valence-electron chi connectivity index (χ1n) is 9.55. The molecule has 1 N–H and O–H groups in total. The van der Waals surface area contributed by atoms with E-state index >= 15 is 0 Å². The maximum Gasteiger partial charge on any atom is 0.265 e. The molecular formula is C24H21N3O2S. The summed E-state index contributed by atoms with van der Waals surface area (Å²) < 4.78 is 1.56. The first kappa shape index (κ1) is 19.9. The number of anilines is 1. The molecule has 0 bridgehead atoms. The lowest BCUT2D eigenvalue weighted by atomic mass is 10.1. The van der Waals surface area contributed by atoms with Gasteiger partial charge in [-0.25, -0.2) is 4.98 Å². The monoisotopic (exact) mass is 415 g/mol. The Bertz CT molecular complexity index is 1280. The number of para-hydroxylation sites is 1. The van der Waals surface area contributed by atoms with Crippen LogP contribution in [0.15, 0.2) is 82.6 Å². The minimum absolute atomic E-state index is 0.0958. The summed E-state index contributed by atoms with van der Waals surface area (Å²) in [5.74, 6) is -0.426. The zero-order valence-electron chi connectivity index (χ0n) is 16.8. The molecule has 0 aliphatic heterocycles. The summed E-state index contributed by atoms with van der Waals surface area (Å²) in [6.07, 6.45) is 3.60. The lowest BCUT2D eigenvalue weighted by Crippen LogP contribution is -2.30. The molecule has 0 spiro atoms. The molecule has 0 fully saturated rings. The Labute approximate surface area is 178 Å². The van der Waals surface area contributed by atoms with Crippen molar-refractivity contribution in [2.45, 2.75) is 18.4 Å². The first-order valence-corrected chi connectivity index (χ1v) is 10.8. The maximum absolute atomic E-state index is 13.3. The van der Waals surface area contributed by atoms with Gasteiger partial charge in [0.1, 0.15) is 11.2 Å². The molecule has 5 nitrogen and oxygen atoms in total. The number of pyridine rings is 2. The van der Waals surface area contributed by atoms with Gasteiger partial charge < -0.3 is 5.32 Å². The minimum Gasteiger partial charge on any atom is -0.321 e. The van der Waals surface area contributed by atoms with Crippen LogP contribution in [0.4, 0.5) is 5.69 Å². The molecule has 2 aromatic carbocycles. The van der Waals surface area contributed by atoms with E-state index in [1.165, 1.54) is 11.8 Å². The van der Waals surface area contributed by atoms with Crippen LogP contribution in [0.3, 0.4) is 0 Å². The van der Waals surface area contributed by atoms with Gasteiger partial charge in [0.05, 0.1) is 12.2 Å². The zero-order valence-corrected chi connectivity index (χ0v) is 17.6. The molecular weight excluding hydrogens is 394 g/mol. The van der Waals surface area contributed by atoms with Crippen LogP contribution >= 0.6 is 11.8 Å². The highest BCUT2D eigenvalue weighted by molar-refractivity contribution is 7.98. The quantitative estimate of drug-likeness (QED) is 0.479. The Balaban J connectivity index is 1.78. The number of fused-ring (bicyclic) bond motifs is 1. The number of aromatic nitrogens is 2. The van der Waals surface area contributed by atoms with E-state index in [0.29, 0.717) is 17.9 Å². The molecule has 0 radical (unpaired) electrons. The molecule has 6 heteroatoms. The standard InChI is InChI=1S/C24H21N3O2S/c1-16-9-11-17(12-10-16)15-27-22-18(6-5-13-25-22)14-19(24(27)29)23(28)26-20-7-3-4-8-21(20)30-2/h3-14H,15H2,1-2H3,(H,26,28). The lowest BCUT2D eigenvalue weighted by Gasteiger charge is -2.13. The van der Waals surface area contributed by atoms with Gasteiger partial charge in [-0.2, -0.15) is 0 Å². The van der Waals surface area contributed by atoms with Crippen LogP contribution in [0, 0.1) is 6.92 Å². The van der Waals surface area contributed by atoms with Crippen molar-refractivity contribution in [2.24, 2.45) is 0 Å². The smallest absolute Gasteiger partial charge is 0.265 e. The molecule has 0 saturated heterocycles. The number of carbonyl (C=O) groups is 1. The Morgan fingerprint density at radius 3 is 2.60 bits per heavy atom. The molecule has 0 unspecified atom stereocenters. The molecule has 0 atom stereocenters. The van der Waals surface area contributed by atoms with Gasteiger partial charge in [0.25, 0.3) is 11.5 Å². The molecule has 150 valence electrons. The number of nitrogens with zero attached hydrogens (tertiary/aromatic N) is 2. The van der Waals surface area contributed by atoms with E-state index in [1.54, 1.807) is 22.9 Å². The number of carbonyl (C=O) groups excluding carboxylic acids is 1. The Morgan fingerprint density at radius 2 is 1.83 bits per heavy atom. The lowest BCUT2D eigenvalue weighted by molar-refractivity contribution is 0.102. The fraction of sp³-hybridized carbons (Fsp3) is 0.125. The number of nitrogens with one attached hydrogen (secondary N) is 1. The molecule has 4 aromatic rings. The van der Waals surface area contributed by atoms with Crippen LogP contribution in [-0.4, -0.2) is 21.7 Å². The Kier molecular flexibility index (Phi) is 5.68. The molecule has 0 aliphatic rings. The molecule has 2 aromatic heterocycles. The normalized spacial score (nSPS) is 10.9. The van der Waals surface area contributed by atoms with Gasteiger partial charge in [0, 0.05) is 16.5 Å². The van der Waals surface area contributed by atoms with Crippen LogP contribution in [0.2, 0.25) is 0 Å². The third-order valence-corrected chi connectivity index (χ3v) is 5.70. The third-order valence-electron chi connectivity index (χ3n) is 4.91. The average molecular weight is 416 g/mol. The number of benzene rings is 2.